The largest absolute Gasteiger partial charge is 0.493 e. The maximum atomic E-state index is 12.2. The number of amides is 1. The average Bonchev–Trinajstić information content (AvgIpc) is 2.68. The Balaban J connectivity index is 1.61. The first kappa shape index (κ1) is 18.6. The van der Waals surface area contributed by atoms with E-state index in [1.807, 2.05) is 68.4 Å². The summed E-state index contributed by atoms with van der Waals surface area (Å²) in [5.74, 6) is 0.803. The van der Waals surface area contributed by atoms with Crippen molar-refractivity contribution in [2.45, 2.75) is 26.8 Å². The summed E-state index contributed by atoms with van der Waals surface area (Å²) < 4.78 is 5.66. The van der Waals surface area contributed by atoms with Gasteiger partial charge in [0.05, 0.1) is 18.7 Å². The maximum absolute atomic E-state index is 12.2. The molecule has 0 radical (unpaired) electrons. The van der Waals surface area contributed by atoms with E-state index in [9.17, 15) is 4.79 Å². The summed E-state index contributed by atoms with van der Waals surface area (Å²) in [4.78, 5) is 16.7. The Morgan fingerprint density at radius 1 is 1.04 bits per heavy atom. The number of nitrogens with zero attached hydrogens (tertiary/aromatic N) is 1. The fourth-order valence-electron chi connectivity index (χ4n) is 2.92. The Bertz CT molecular complexity index is 904. The normalized spacial score (nSPS) is 10.4. The van der Waals surface area contributed by atoms with Gasteiger partial charge in [0.25, 0.3) is 0 Å². The Morgan fingerprint density at radius 3 is 2.63 bits per heavy atom. The first-order valence-electron chi connectivity index (χ1n) is 9.15. The topological polar surface area (TPSA) is 51.2 Å². The van der Waals surface area contributed by atoms with Crippen LogP contribution in [0.3, 0.4) is 0 Å². The van der Waals surface area contributed by atoms with Gasteiger partial charge in [0.15, 0.2) is 0 Å². The number of ether oxygens (including phenoxy) is 1. The number of aromatic nitrogens is 1. The molecule has 0 saturated heterocycles. The molecule has 4 nitrogen and oxygen atoms in total. The first-order chi connectivity index (χ1) is 13.2. The molecule has 0 unspecified atom stereocenters. The molecule has 0 aliphatic heterocycles. The molecule has 27 heavy (non-hydrogen) atoms. The number of pyridine rings is 1. The smallest absolute Gasteiger partial charge is 0.224 e. The minimum atomic E-state index is -0.0132. The third-order valence-corrected chi connectivity index (χ3v) is 4.22. The fourth-order valence-corrected chi connectivity index (χ4v) is 2.92. The van der Waals surface area contributed by atoms with Gasteiger partial charge in [-0.3, -0.25) is 9.78 Å². The van der Waals surface area contributed by atoms with Gasteiger partial charge in [0, 0.05) is 18.3 Å². The molecule has 0 spiro atoms. The van der Waals surface area contributed by atoms with Crippen LogP contribution in [-0.4, -0.2) is 17.5 Å². The monoisotopic (exact) mass is 360 g/mol. The molecule has 0 fully saturated rings. The minimum absolute atomic E-state index is 0.0132. The average molecular weight is 360 g/mol. The molecule has 2 aromatic carbocycles. The zero-order valence-corrected chi connectivity index (χ0v) is 15.7. The lowest BCUT2D eigenvalue weighted by Crippen LogP contribution is -2.24. The van der Waals surface area contributed by atoms with Crippen LogP contribution in [0.25, 0.3) is 11.3 Å². The molecule has 0 aliphatic carbocycles. The van der Waals surface area contributed by atoms with E-state index in [1.54, 1.807) is 6.20 Å². The highest BCUT2D eigenvalue weighted by Gasteiger charge is 2.08. The molecule has 1 amide bonds. The van der Waals surface area contributed by atoms with E-state index in [0.29, 0.717) is 19.6 Å². The summed E-state index contributed by atoms with van der Waals surface area (Å²) in [5.41, 5.74) is 4.96. The van der Waals surface area contributed by atoms with Gasteiger partial charge in [0.2, 0.25) is 5.91 Å². The van der Waals surface area contributed by atoms with Crippen molar-refractivity contribution in [3.05, 3.63) is 83.6 Å². The van der Waals surface area contributed by atoms with Gasteiger partial charge >= 0.3 is 0 Å². The molecule has 0 saturated carbocycles. The van der Waals surface area contributed by atoms with Gasteiger partial charge < -0.3 is 10.1 Å². The minimum Gasteiger partial charge on any atom is -0.493 e. The Kier molecular flexibility index (Phi) is 6.21. The Hall–Kier alpha value is -3.14. The highest BCUT2D eigenvalue weighted by Crippen LogP contribution is 2.28. The summed E-state index contributed by atoms with van der Waals surface area (Å²) >= 11 is 0. The SMILES string of the molecule is CCOc1ccccc1-c1ccc(CC(=O)NCc2cccc(C)c2)cn1. The van der Waals surface area contributed by atoms with Crippen molar-refractivity contribution in [2.24, 2.45) is 0 Å². The van der Waals surface area contributed by atoms with Gasteiger partial charge in [-0.15, -0.1) is 0 Å². The zero-order chi connectivity index (χ0) is 19.1. The number of hydrogen-bond donors (Lipinski definition) is 1. The Morgan fingerprint density at radius 2 is 1.89 bits per heavy atom. The third kappa shape index (κ3) is 5.17. The van der Waals surface area contributed by atoms with Crippen LogP contribution in [0.1, 0.15) is 23.6 Å². The number of benzene rings is 2. The molecule has 1 heterocycles. The highest BCUT2D eigenvalue weighted by molar-refractivity contribution is 5.78. The molecule has 1 N–H and O–H groups in total. The van der Waals surface area contributed by atoms with Crippen molar-refractivity contribution >= 4 is 5.91 Å². The molecular formula is C23H24N2O2. The molecule has 3 rings (SSSR count). The van der Waals surface area contributed by atoms with Crippen LogP contribution in [0.2, 0.25) is 0 Å². The fraction of sp³-hybridized carbons (Fsp3) is 0.217. The molecule has 1 aromatic heterocycles. The number of carbonyl (C=O) groups is 1. The maximum Gasteiger partial charge on any atom is 0.224 e. The first-order valence-corrected chi connectivity index (χ1v) is 9.15. The van der Waals surface area contributed by atoms with Crippen molar-refractivity contribution in [3.63, 3.8) is 0 Å². The molecule has 0 bridgehead atoms. The number of aryl methyl sites for hydroxylation is 1. The van der Waals surface area contributed by atoms with E-state index >= 15 is 0 Å². The van der Waals surface area contributed by atoms with Crippen molar-refractivity contribution < 1.29 is 9.53 Å². The van der Waals surface area contributed by atoms with Gasteiger partial charge in [-0.2, -0.15) is 0 Å². The van der Waals surface area contributed by atoms with Crippen LogP contribution in [0.15, 0.2) is 66.9 Å². The van der Waals surface area contributed by atoms with Crippen molar-refractivity contribution in [1.29, 1.82) is 0 Å². The summed E-state index contributed by atoms with van der Waals surface area (Å²) in [6, 6.07) is 19.8. The number of para-hydroxylation sites is 1. The van der Waals surface area contributed by atoms with Crippen LogP contribution in [-0.2, 0) is 17.8 Å². The lowest BCUT2D eigenvalue weighted by atomic mass is 10.1. The van der Waals surface area contributed by atoms with Gasteiger partial charge in [-0.25, -0.2) is 0 Å². The summed E-state index contributed by atoms with van der Waals surface area (Å²) in [6.45, 7) is 5.15. The predicted molar refractivity (Wildman–Crippen MR) is 108 cm³/mol. The van der Waals surface area contributed by atoms with Crippen LogP contribution >= 0.6 is 0 Å². The van der Waals surface area contributed by atoms with Gasteiger partial charge in [0.1, 0.15) is 5.75 Å². The molecule has 0 atom stereocenters. The molecular weight excluding hydrogens is 336 g/mol. The van der Waals surface area contributed by atoms with E-state index in [2.05, 4.69) is 16.4 Å². The molecule has 138 valence electrons. The van der Waals surface area contributed by atoms with E-state index < -0.39 is 0 Å². The lowest BCUT2D eigenvalue weighted by molar-refractivity contribution is -0.120. The second-order valence-corrected chi connectivity index (χ2v) is 6.42. The quantitative estimate of drug-likeness (QED) is 0.683. The Labute approximate surface area is 160 Å². The lowest BCUT2D eigenvalue weighted by Gasteiger charge is -2.10. The second-order valence-electron chi connectivity index (χ2n) is 6.42. The highest BCUT2D eigenvalue weighted by atomic mass is 16.5. The van der Waals surface area contributed by atoms with Crippen LogP contribution in [0.5, 0.6) is 5.75 Å². The van der Waals surface area contributed by atoms with Crippen LogP contribution in [0, 0.1) is 6.92 Å². The molecule has 0 aliphatic rings. The van der Waals surface area contributed by atoms with Crippen molar-refractivity contribution in [2.75, 3.05) is 6.61 Å². The van der Waals surface area contributed by atoms with Crippen LogP contribution in [0.4, 0.5) is 0 Å². The van der Waals surface area contributed by atoms with E-state index in [-0.39, 0.29) is 5.91 Å². The molecule has 4 heteroatoms. The zero-order valence-electron chi connectivity index (χ0n) is 15.7. The number of rotatable bonds is 7. The third-order valence-electron chi connectivity index (χ3n) is 4.22. The van der Waals surface area contributed by atoms with Crippen molar-refractivity contribution in [1.82, 2.24) is 10.3 Å². The van der Waals surface area contributed by atoms with Crippen LogP contribution < -0.4 is 10.1 Å². The van der Waals surface area contributed by atoms with Crippen molar-refractivity contribution in [3.8, 4) is 17.0 Å². The number of nitrogens with one attached hydrogen (secondary N) is 1. The number of carbonyl (C=O) groups excluding carboxylic acids is 1. The predicted octanol–water partition coefficient (Wildman–Crippen LogP) is 4.31. The number of hydrogen-bond acceptors (Lipinski definition) is 3. The van der Waals surface area contributed by atoms with E-state index in [0.717, 1.165) is 28.1 Å². The van der Waals surface area contributed by atoms with E-state index in [4.69, 9.17) is 4.74 Å². The summed E-state index contributed by atoms with van der Waals surface area (Å²) in [5, 5.41) is 2.96. The summed E-state index contributed by atoms with van der Waals surface area (Å²) in [6.07, 6.45) is 2.07. The van der Waals surface area contributed by atoms with Gasteiger partial charge in [-0.05, 0) is 43.2 Å². The molecule has 3 aromatic rings. The standard InChI is InChI=1S/C23H24N2O2/c1-3-27-22-10-5-4-9-20(22)21-12-11-19(15-24-21)14-23(26)25-16-18-8-6-7-17(2)13-18/h4-13,15H,3,14,16H2,1-2H3,(H,25,26). The van der Waals surface area contributed by atoms with Gasteiger partial charge in [-0.1, -0.05) is 48.0 Å². The summed E-state index contributed by atoms with van der Waals surface area (Å²) in [7, 11) is 0. The van der Waals surface area contributed by atoms with E-state index in [1.165, 1.54) is 5.56 Å². The second kappa shape index (κ2) is 8.99.